The maximum Gasteiger partial charge on any atom is 0.127 e. The summed E-state index contributed by atoms with van der Waals surface area (Å²) in [6, 6.07) is 17.6. The Labute approximate surface area is 134 Å². The summed E-state index contributed by atoms with van der Waals surface area (Å²) in [7, 11) is 0. The molecular weight excluding hydrogens is 268 g/mol. The lowest BCUT2D eigenvalue weighted by molar-refractivity contribution is -0.344. The van der Waals surface area contributed by atoms with E-state index in [0.29, 0.717) is 0 Å². The summed E-state index contributed by atoms with van der Waals surface area (Å²) in [5.41, 5.74) is 4.52. The van der Waals surface area contributed by atoms with Crippen molar-refractivity contribution in [2.45, 2.75) is 52.7 Å². The Morgan fingerprint density at radius 2 is 1.00 bits per heavy atom. The van der Waals surface area contributed by atoms with Gasteiger partial charge < -0.3 is 4.74 Å². The third-order valence-corrected chi connectivity index (χ3v) is 5.71. The minimum absolute atomic E-state index is 0.00448. The molecule has 3 rings (SSSR count). The number of benzene rings is 2. The van der Waals surface area contributed by atoms with Crippen LogP contribution >= 0.6 is 0 Å². The van der Waals surface area contributed by atoms with Gasteiger partial charge in [-0.3, -0.25) is 0 Å². The molecule has 1 aliphatic rings. The van der Waals surface area contributed by atoms with Gasteiger partial charge in [0.25, 0.3) is 0 Å². The minimum atomic E-state index is -0.377. The quantitative estimate of drug-likeness (QED) is 0.722. The highest BCUT2D eigenvalue weighted by Crippen LogP contribution is 2.64. The fourth-order valence-corrected chi connectivity index (χ4v) is 3.60. The standard InChI is InChI=1S/C21H26O/c1-15-7-11-17(12-8-15)21(18-13-9-16(2)10-14-18)19(3,4)20(5,6)22-21/h7-14H,1-6H3. The molecule has 1 aliphatic heterocycles. The van der Waals surface area contributed by atoms with Crippen molar-refractivity contribution in [3.05, 3.63) is 70.8 Å². The molecule has 116 valence electrons. The van der Waals surface area contributed by atoms with Gasteiger partial charge in [0.1, 0.15) is 5.60 Å². The molecule has 2 aromatic carbocycles. The largest absolute Gasteiger partial charge is 0.358 e. The number of aryl methyl sites for hydroxylation is 2. The van der Waals surface area contributed by atoms with Gasteiger partial charge in [-0.1, -0.05) is 73.5 Å². The zero-order chi connectivity index (χ0) is 16.2. The summed E-state index contributed by atoms with van der Waals surface area (Å²) in [5, 5.41) is 0. The van der Waals surface area contributed by atoms with Crippen molar-refractivity contribution in [3.63, 3.8) is 0 Å². The van der Waals surface area contributed by atoms with Crippen LogP contribution in [-0.4, -0.2) is 5.60 Å². The van der Waals surface area contributed by atoms with Crippen LogP contribution in [0.5, 0.6) is 0 Å². The van der Waals surface area contributed by atoms with E-state index in [1.54, 1.807) is 0 Å². The second kappa shape index (κ2) is 4.70. The maximum atomic E-state index is 6.58. The smallest absolute Gasteiger partial charge is 0.127 e. The molecule has 2 aromatic rings. The Bertz CT molecular complexity index is 629. The predicted octanol–water partition coefficient (Wildman–Crippen LogP) is 5.38. The average molecular weight is 294 g/mol. The molecule has 0 saturated carbocycles. The van der Waals surface area contributed by atoms with Crippen molar-refractivity contribution >= 4 is 0 Å². The van der Waals surface area contributed by atoms with E-state index >= 15 is 0 Å². The van der Waals surface area contributed by atoms with Gasteiger partial charge in [-0.15, -0.1) is 0 Å². The van der Waals surface area contributed by atoms with E-state index in [0.717, 1.165) is 0 Å². The first-order valence-corrected chi connectivity index (χ1v) is 8.05. The van der Waals surface area contributed by atoms with Crippen molar-refractivity contribution in [1.29, 1.82) is 0 Å². The van der Waals surface area contributed by atoms with Crippen LogP contribution in [0.4, 0.5) is 0 Å². The third-order valence-electron chi connectivity index (χ3n) is 5.71. The molecule has 1 heteroatoms. The second-order valence-corrected chi connectivity index (χ2v) is 7.65. The molecule has 0 aliphatic carbocycles. The Kier molecular flexibility index (Phi) is 3.27. The van der Waals surface area contributed by atoms with Crippen molar-refractivity contribution in [2.24, 2.45) is 5.41 Å². The summed E-state index contributed by atoms with van der Waals surface area (Å²) in [5.74, 6) is 0. The average Bonchev–Trinajstić information content (AvgIpc) is 2.46. The molecular formula is C21H26O. The molecule has 0 atom stereocenters. The van der Waals surface area contributed by atoms with Crippen LogP contribution in [0.2, 0.25) is 0 Å². The first kappa shape index (κ1) is 15.3. The fraction of sp³-hybridized carbons (Fsp3) is 0.429. The SMILES string of the molecule is Cc1ccc(C2(c3ccc(C)cc3)OC(C)(C)C2(C)C)cc1. The third kappa shape index (κ3) is 1.88. The van der Waals surface area contributed by atoms with Crippen LogP contribution in [0.3, 0.4) is 0 Å². The van der Waals surface area contributed by atoms with E-state index in [9.17, 15) is 0 Å². The van der Waals surface area contributed by atoms with Gasteiger partial charge in [0.15, 0.2) is 0 Å². The van der Waals surface area contributed by atoms with Gasteiger partial charge in [-0.2, -0.15) is 0 Å². The van der Waals surface area contributed by atoms with Crippen molar-refractivity contribution in [3.8, 4) is 0 Å². The Balaban J connectivity index is 2.20. The molecule has 1 heterocycles. The molecule has 0 N–H and O–H groups in total. The second-order valence-electron chi connectivity index (χ2n) is 7.65. The number of hydrogen-bond acceptors (Lipinski definition) is 1. The molecule has 0 radical (unpaired) electrons. The normalized spacial score (nSPS) is 21.2. The van der Waals surface area contributed by atoms with E-state index in [1.807, 2.05) is 0 Å². The summed E-state index contributed by atoms with van der Waals surface area (Å²) in [6.07, 6.45) is 0. The molecule has 0 bridgehead atoms. The predicted molar refractivity (Wildman–Crippen MR) is 92.1 cm³/mol. The molecule has 0 spiro atoms. The summed E-state index contributed by atoms with van der Waals surface area (Å²) in [4.78, 5) is 0. The van der Waals surface area contributed by atoms with Gasteiger partial charge in [-0.05, 0) is 38.8 Å². The van der Waals surface area contributed by atoms with Crippen molar-refractivity contribution < 1.29 is 4.74 Å². The van der Waals surface area contributed by atoms with Crippen LogP contribution in [-0.2, 0) is 10.3 Å². The Morgan fingerprint density at radius 1 is 0.636 bits per heavy atom. The first-order chi connectivity index (χ1) is 10.2. The highest BCUT2D eigenvalue weighted by atomic mass is 16.6. The van der Waals surface area contributed by atoms with Gasteiger partial charge in [-0.25, -0.2) is 0 Å². The lowest BCUT2D eigenvalue weighted by atomic mass is 9.54. The number of hydrogen-bond donors (Lipinski definition) is 0. The Morgan fingerprint density at radius 3 is 1.27 bits per heavy atom. The van der Waals surface area contributed by atoms with E-state index in [1.165, 1.54) is 22.3 Å². The molecule has 1 saturated heterocycles. The van der Waals surface area contributed by atoms with E-state index in [4.69, 9.17) is 4.74 Å². The zero-order valence-corrected chi connectivity index (χ0v) is 14.5. The molecule has 0 unspecified atom stereocenters. The van der Waals surface area contributed by atoms with Crippen molar-refractivity contribution in [2.75, 3.05) is 0 Å². The van der Waals surface area contributed by atoms with Crippen molar-refractivity contribution in [1.82, 2.24) is 0 Å². The van der Waals surface area contributed by atoms with Crippen LogP contribution < -0.4 is 0 Å². The van der Waals surface area contributed by atoms with Crippen LogP contribution in [0.25, 0.3) is 0 Å². The van der Waals surface area contributed by atoms with Crippen LogP contribution in [0.15, 0.2) is 48.5 Å². The zero-order valence-electron chi connectivity index (χ0n) is 14.5. The van der Waals surface area contributed by atoms with Gasteiger partial charge in [0, 0.05) is 5.41 Å². The summed E-state index contributed by atoms with van der Waals surface area (Å²) in [6.45, 7) is 13.3. The van der Waals surface area contributed by atoms with E-state index < -0.39 is 0 Å². The topological polar surface area (TPSA) is 9.23 Å². The molecule has 1 fully saturated rings. The fourth-order valence-electron chi connectivity index (χ4n) is 3.60. The minimum Gasteiger partial charge on any atom is -0.358 e. The Hall–Kier alpha value is -1.60. The number of ether oxygens (including phenoxy) is 1. The highest BCUT2D eigenvalue weighted by molar-refractivity contribution is 5.45. The van der Waals surface area contributed by atoms with Crippen LogP contribution in [0, 0.1) is 19.3 Å². The van der Waals surface area contributed by atoms with Gasteiger partial charge >= 0.3 is 0 Å². The molecule has 22 heavy (non-hydrogen) atoms. The summed E-state index contributed by atoms with van der Waals surface area (Å²) >= 11 is 0. The molecule has 0 amide bonds. The van der Waals surface area contributed by atoms with E-state index in [2.05, 4.69) is 90.1 Å². The van der Waals surface area contributed by atoms with Gasteiger partial charge in [0.05, 0.1) is 5.60 Å². The van der Waals surface area contributed by atoms with Gasteiger partial charge in [0.2, 0.25) is 0 Å². The lowest BCUT2D eigenvalue weighted by Gasteiger charge is -2.67. The molecule has 0 aromatic heterocycles. The maximum absolute atomic E-state index is 6.58. The number of rotatable bonds is 2. The molecule has 1 nitrogen and oxygen atoms in total. The van der Waals surface area contributed by atoms with E-state index in [-0.39, 0.29) is 16.6 Å². The summed E-state index contributed by atoms with van der Waals surface area (Å²) < 4.78 is 6.58. The van der Waals surface area contributed by atoms with Crippen LogP contribution in [0.1, 0.15) is 49.9 Å². The first-order valence-electron chi connectivity index (χ1n) is 8.05. The highest BCUT2D eigenvalue weighted by Gasteiger charge is 2.67. The monoisotopic (exact) mass is 294 g/mol. The lowest BCUT2D eigenvalue weighted by Crippen LogP contribution is -2.70.